The van der Waals surface area contributed by atoms with Crippen molar-refractivity contribution < 1.29 is 4.79 Å². The van der Waals surface area contributed by atoms with Crippen LogP contribution in [0.15, 0.2) is 18.2 Å². The summed E-state index contributed by atoms with van der Waals surface area (Å²) in [5.41, 5.74) is 8.15. The number of aryl methyl sites for hydroxylation is 1. The molecule has 98 valence electrons. The first-order valence-electron chi connectivity index (χ1n) is 6.69. The normalized spacial score (nSPS) is 15.9. The second kappa shape index (κ2) is 5.42. The molecule has 0 unspecified atom stereocenters. The van der Waals surface area contributed by atoms with Crippen LogP contribution in [0, 0.1) is 12.8 Å². The molecule has 1 aromatic rings. The minimum Gasteiger partial charge on any atom is -0.399 e. The Morgan fingerprint density at radius 3 is 2.67 bits per heavy atom. The van der Waals surface area contributed by atoms with Crippen molar-refractivity contribution in [2.24, 2.45) is 5.92 Å². The number of carbonyl (C=O) groups excluding carboxylic acids is 1. The molecule has 18 heavy (non-hydrogen) atoms. The molecule has 1 aromatic carbocycles. The molecule has 0 radical (unpaired) electrons. The molecule has 1 aliphatic carbocycles. The Labute approximate surface area is 109 Å². The van der Waals surface area contributed by atoms with E-state index in [4.69, 9.17) is 5.73 Å². The Hall–Kier alpha value is -1.51. The molecule has 0 bridgehead atoms. The molecule has 2 N–H and O–H groups in total. The summed E-state index contributed by atoms with van der Waals surface area (Å²) in [6.45, 7) is 2.82. The van der Waals surface area contributed by atoms with Crippen molar-refractivity contribution in [3.05, 3.63) is 29.3 Å². The van der Waals surface area contributed by atoms with Crippen molar-refractivity contribution in [3.63, 3.8) is 0 Å². The minimum absolute atomic E-state index is 0.111. The van der Waals surface area contributed by atoms with Crippen LogP contribution in [0.3, 0.4) is 0 Å². The standard InChI is InChI=1S/C15H22N2O/c1-11-9-13(16)7-8-14(11)15(18)17(2)10-12-5-3-4-6-12/h7-9,12H,3-6,10,16H2,1-2H3. The fourth-order valence-corrected chi connectivity index (χ4v) is 2.80. The predicted octanol–water partition coefficient (Wildman–Crippen LogP) is 2.84. The Morgan fingerprint density at radius 2 is 2.06 bits per heavy atom. The van der Waals surface area contributed by atoms with Crippen LogP contribution >= 0.6 is 0 Å². The molecule has 1 saturated carbocycles. The van der Waals surface area contributed by atoms with Crippen molar-refractivity contribution in [1.29, 1.82) is 0 Å². The van der Waals surface area contributed by atoms with E-state index in [1.54, 1.807) is 6.07 Å². The van der Waals surface area contributed by atoms with Crippen LogP contribution in [0.1, 0.15) is 41.6 Å². The van der Waals surface area contributed by atoms with Gasteiger partial charge in [0.05, 0.1) is 0 Å². The third-order valence-corrected chi connectivity index (χ3v) is 3.83. The molecule has 0 spiro atoms. The smallest absolute Gasteiger partial charge is 0.253 e. The number of carbonyl (C=O) groups is 1. The fourth-order valence-electron chi connectivity index (χ4n) is 2.80. The highest BCUT2D eigenvalue weighted by atomic mass is 16.2. The molecule has 1 aliphatic rings. The zero-order chi connectivity index (χ0) is 13.1. The number of anilines is 1. The van der Waals surface area contributed by atoms with Crippen LogP contribution in [-0.4, -0.2) is 24.4 Å². The molecular weight excluding hydrogens is 224 g/mol. The second-order valence-electron chi connectivity index (χ2n) is 5.41. The van der Waals surface area contributed by atoms with Gasteiger partial charge in [0.15, 0.2) is 0 Å². The lowest BCUT2D eigenvalue weighted by atomic mass is 10.0. The van der Waals surface area contributed by atoms with Crippen molar-refractivity contribution in [1.82, 2.24) is 4.90 Å². The van der Waals surface area contributed by atoms with Gasteiger partial charge < -0.3 is 10.6 Å². The summed E-state index contributed by atoms with van der Waals surface area (Å²) in [5.74, 6) is 0.799. The maximum atomic E-state index is 12.3. The molecule has 2 rings (SSSR count). The molecule has 1 fully saturated rings. The third-order valence-electron chi connectivity index (χ3n) is 3.83. The summed E-state index contributed by atoms with van der Waals surface area (Å²) >= 11 is 0. The first-order valence-corrected chi connectivity index (χ1v) is 6.69. The number of nitrogens with two attached hydrogens (primary N) is 1. The Bertz CT molecular complexity index is 436. The van der Waals surface area contributed by atoms with Crippen molar-refractivity contribution >= 4 is 11.6 Å². The van der Waals surface area contributed by atoms with Gasteiger partial charge in [0.2, 0.25) is 0 Å². The van der Waals surface area contributed by atoms with E-state index in [0.717, 1.165) is 17.7 Å². The highest BCUT2D eigenvalue weighted by Gasteiger charge is 2.20. The monoisotopic (exact) mass is 246 g/mol. The average Bonchev–Trinajstić information content (AvgIpc) is 2.81. The third kappa shape index (κ3) is 2.84. The number of hydrogen-bond donors (Lipinski definition) is 1. The van der Waals surface area contributed by atoms with E-state index in [-0.39, 0.29) is 5.91 Å². The van der Waals surface area contributed by atoms with Gasteiger partial charge in [-0.15, -0.1) is 0 Å². The number of nitrogens with zero attached hydrogens (tertiary/aromatic N) is 1. The van der Waals surface area contributed by atoms with Crippen LogP contribution in [0.4, 0.5) is 5.69 Å². The van der Waals surface area contributed by atoms with Crippen LogP contribution in [0.2, 0.25) is 0 Å². The molecule has 1 amide bonds. The Morgan fingerprint density at radius 1 is 1.39 bits per heavy atom. The molecule has 3 heteroatoms. The Kier molecular flexibility index (Phi) is 3.90. The maximum Gasteiger partial charge on any atom is 0.253 e. The number of amides is 1. The van der Waals surface area contributed by atoms with Gasteiger partial charge in [0, 0.05) is 24.8 Å². The van der Waals surface area contributed by atoms with Gasteiger partial charge in [0.25, 0.3) is 5.91 Å². The number of benzene rings is 1. The summed E-state index contributed by atoms with van der Waals surface area (Å²) in [6.07, 6.45) is 5.15. The fraction of sp³-hybridized carbons (Fsp3) is 0.533. The summed E-state index contributed by atoms with van der Waals surface area (Å²) in [6, 6.07) is 5.48. The molecule has 0 saturated heterocycles. The van der Waals surface area contributed by atoms with Gasteiger partial charge in [-0.3, -0.25) is 4.79 Å². The predicted molar refractivity (Wildman–Crippen MR) is 74.5 cm³/mol. The van der Waals surface area contributed by atoms with Crippen LogP contribution < -0.4 is 5.73 Å². The van der Waals surface area contributed by atoms with E-state index in [1.165, 1.54) is 25.7 Å². The molecular formula is C15H22N2O. The highest BCUT2D eigenvalue weighted by molar-refractivity contribution is 5.95. The SMILES string of the molecule is Cc1cc(N)ccc1C(=O)N(C)CC1CCCC1. The van der Waals surface area contributed by atoms with Crippen molar-refractivity contribution in [2.75, 3.05) is 19.3 Å². The molecule has 0 aliphatic heterocycles. The quantitative estimate of drug-likeness (QED) is 0.834. The van der Waals surface area contributed by atoms with E-state index < -0.39 is 0 Å². The van der Waals surface area contributed by atoms with Gasteiger partial charge in [-0.05, 0) is 49.4 Å². The van der Waals surface area contributed by atoms with Gasteiger partial charge in [0.1, 0.15) is 0 Å². The second-order valence-corrected chi connectivity index (χ2v) is 5.41. The minimum atomic E-state index is 0.111. The first kappa shape index (κ1) is 12.9. The number of rotatable bonds is 3. The van der Waals surface area contributed by atoms with E-state index in [2.05, 4.69) is 0 Å². The van der Waals surface area contributed by atoms with Crippen LogP contribution in [0.25, 0.3) is 0 Å². The largest absolute Gasteiger partial charge is 0.399 e. The lowest BCUT2D eigenvalue weighted by Crippen LogP contribution is -2.31. The van der Waals surface area contributed by atoms with E-state index in [0.29, 0.717) is 11.6 Å². The van der Waals surface area contributed by atoms with Gasteiger partial charge >= 0.3 is 0 Å². The van der Waals surface area contributed by atoms with Gasteiger partial charge in [-0.2, -0.15) is 0 Å². The van der Waals surface area contributed by atoms with Crippen LogP contribution in [-0.2, 0) is 0 Å². The highest BCUT2D eigenvalue weighted by Crippen LogP contribution is 2.25. The summed E-state index contributed by atoms with van der Waals surface area (Å²) in [7, 11) is 1.90. The maximum absolute atomic E-state index is 12.3. The zero-order valence-corrected chi connectivity index (χ0v) is 11.3. The van der Waals surface area contributed by atoms with Gasteiger partial charge in [-0.25, -0.2) is 0 Å². The Balaban J connectivity index is 2.05. The summed E-state index contributed by atoms with van der Waals surface area (Å²) < 4.78 is 0. The average molecular weight is 246 g/mol. The van der Waals surface area contributed by atoms with Crippen molar-refractivity contribution in [3.8, 4) is 0 Å². The molecule has 3 nitrogen and oxygen atoms in total. The summed E-state index contributed by atoms with van der Waals surface area (Å²) in [4.78, 5) is 14.2. The number of hydrogen-bond acceptors (Lipinski definition) is 2. The van der Waals surface area contributed by atoms with E-state index >= 15 is 0 Å². The van der Waals surface area contributed by atoms with Crippen LogP contribution in [0.5, 0.6) is 0 Å². The van der Waals surface area contributed by atoms with E-state index in [1.807, 2.05) is 31.0 Å². The van der Waals surface area contributed by atoms with Crippen molar-refractivity contribution in [2.45, 2.75) is 32.6 Å². The van der Waals surface area contributed by atoms with E-state index in [9.17, 15) is 4.79 Å². The van der Waals surface area contributed by atoms with Gasteiger partial charge in [-0.1, -0.05) is 12.8 Å². The lowest BCUT2D eigenvalue weighted by Gasteiger charge is -2.22. The molecule has 0 aromatic heterocycles. The number of nitrogen functional groups attached to an aromatic ring is 1. The first-order chi connectivity index (χ1) is 8.58. The molecule has 0 atom stereocenters. The topological polar surface area (TPSA) is 46.3 Å². The summed E-state index contributed by atoms with van der Waals surface area (Å²) in [5, 5.41) is 0. The lowest BCUT2D eigenvalue weighted by molar-refractivity contribution is 0.0772. The molecule has 0 heterocycles. The zero-order valence-electron chi connectivity index (χ0n) is 11.3.